The van der Waals surface area contributed by atoms with E-state index in [4.69, 9.17) is 0 Å². The Bertz CT molecular complexity index is 82.4. The average molecular weight is 274 g/mol. The summed E-state index contributed by atoms with van der Waals surface area (Å²) in [6.45, 7) is 0. The molecule has 42 valence electrons. The van der Waals surface area contributed by atoms with E-state index in [9.17, 15) is 0 Å². The molecule has 1 aromatic heterocycles. The Balaban J connectivity index is 0. The average Bonchev–Trinajstić information content (AvgIpc) is 1.72. The van der Waals surface area contributed by atoms with Crippen molar-refractivity contribution in [2.45, 2.75) is 0 Å². The minimum Gasteiger partial charge on any atom is -0.693 e. The molecule has 0 aliphatic rings. The second-order valence-corrected chi connectivity index (χ2v) is 1.02. The van der Waals surface area contributed by atoms with E-state index in [1.807, 2.05) is 18.2 Å². The summed E-state index contributed by atoms with van der Waals surface area (Å²) in [5, 5.41) is 0. The van der Waals surface area contributed by atoms with Crippen molar-refractivity contribution < 1.29 is 25.8 Å². The summed E-state index contributed by atoms with van der Waals surface area (Å²) in [5.41, 5.74) is 0. The molecule has 0 saturated heterocycles. The van der Waals surface area contributed by atoms with Crippen molar-refractivity contribution in [1.82, 2.24) is 4.98 Å². The van der Waals surface area contributed by atoms with Crippen molar-refractivity contribution in [3.05, 3.63) is 36.7 Å². The van der Waals surface area contributed by atoms with Gasteiger partial charge < -0.3 is 6.15 Å². The van der Waals surface area contributed by atoms with E-state index in [2.05, 4.69) is 4.98 Å². The van der Waals surface area contributed by atoms with Gasteiger partial charge in [0.1, 0.15) is 0 Å². The van der Waals surface area contributed by atoms with Crippen molar-refractivity contribution in [1.29, 1.82) is 0 Å². The number of nitrogens with two attached hydrogens (primary N) is 1. The van der Waals surface area contributed by atoms with Gasteiger partial charge in [0.2, 0.25) is 0 Å². The molecule has 1 heterocycles. The van der Waals surface area contributed by atoms with Crippen LogP contribution in [-0.2, 0) is 25.8 Å². The van der Waals surface area contributed by atoms with Crippen LogP contribution in [0.5, 0.6) is 0 Å². The van der Waals surface area contributed by atoms with Gasteiger partial charge in [-0.2, -0.15) is 0 Å². The first kappa shape index (κ1) is 10.9. The maximum Gasteiger partial charge on any atom is 0.0267 e. The zero-order valence-electron chi connectivity index (χ0n) is 4.41. The molecule has 0 spiro atoms. The van der Waals surface area contributed by atoms with Gasteiger partial charge in [0, 0.05) is 38.2 Å². The summed E-state index contributed by atoms with van der Waals surface area (Å²) >= 11 is 0. The second-order valence-electron chi connectivity index (χ2n) is 1.02. The predicted molar refractivity (Wildman–Crippen MR) is 29.5 cm³/mol. The predicted octanol–water partition coefficient (Wildman–Crippen LogP) is 1.80. The molecule has 0 radical (unpaired) electrons. The molecule has 0 bridgehead atoms. The standard InChI is InChI=1S/C5H5N.Hf.H2N/c1-2-4-6-5-3-1;;/h1-5H;;1H2/q;;-1. The Labute approximate surface area is 67.7 Å². The van der Waals surface area contributed by atoms with Crippen LogP contribution in [0.4, 0.5) is 0 Å². The van der Waals surface area contributed by atoms with Gasteiger partial charge in [-0.3, -0.25) is 4.98 Å². The summed E-state index contributed by atoms with van der Waals surface area (Å²) in [7, 11) is 0. The number of hydrogen-bond donors (Lipinski definition) is 0. The molecule has 0 amide bonds. The van der Waals surface area contributed by atoms with E-state index in [1.165, 1.54) is 0 Å². The van der Waals surface area contributed by atoms with Crippen molar-refractivity contribution in [2.75, 3.05) is 0 Å². The molecule has 3 heteroatoms. The summed E-state index contributed by atoms with van der Waals surface area (Å²) < 4.78 is 0. The minimum atomic E-state index is 0. The zero-order chi connectivity index (χ0) is 4.24. The van der Waals surface area contributed by atoms with E-state index in [0.29, 0.717) is 0 Å². The summed E-state index contributed by atoms with van der Waals surface area (Å²) in [5.74, 6) is 0. The molecule has 8 heavy (non-hydrogen) atoms. The monoisotopic (exact) mass is 275 g/mol. The largest absolute Gasteiger partial charge is 0.693 e. The van der Waals surface area contributed by atoms with E-state index in [1.54, 1.807) is 12.4 Å². The number of aromatic nitrogens is 1. The third-order valence-electron chi connectivity index (χ3n) is 0.566. The molecule has 1 aromatic rings. The van der Waals surface area contributed by atoms with Gasteiger partial charge >= 0.3 is 0 Å². The number of nitrogens with zero attached hydrogens (tertiary/aromatic N) is 1. The molecule has 2 N–H and O–H groups in total. The first-order valence-electron chi connectivity index (χ1n) is 1.85. The molecule has 0 saturated carbocycles. The van der Waals surface area contributed by atoms with Gasteiger partial charge in [0.15, 0.2) is 0 Å². The fourth-order valence-electron chi connectivity index (χ4n) is 0.313. The Morgan fingerprint density at radius 3 is 1.50 bits per heavy atom. The molecular formula is C5H7HfN2-. The molecule has 0 aromatic carbocycles. The molecule has 0 aliphatic carbocycles. The van der Waals surface area contributed by atoms with Gasteiger partial charge in [-0.15, -0.1) is 0 Å². The van der Waals surface area contributed by atoms with E-state index >= 15 is 0 Å². The fraction of sp³-hybridized carbons (Fsp3) is 0. The van der Waals surface area contributed by atoms with Crippen LogP contribution in [0.1, 0.15) is 0 Å². The van der Waals surface area contributed by atoms with Gasteiger partial charge in [-0.25, -0.2) is 0 Å². The van der Waals surface area contributed by atoms with Crippen molar-refractivity contribution >= 4 is 0 Å². The van der Waals surface area contributed by atoms with E-state index in [0.717, 1.165) is 0 Å². The van der Waals surface area contributed by atoms with Crippen LogP contribution in [0.3, 0.4) is 0 Å². The van der Waals surface area contributed by atoms with Crippen LogP contribution < -0.4 is 0 Å². The number of hydrogen-bond acceptors (Lipinski definition) is 1. The quantitative estimate of drug-likeness (QED) is 0.665. The summed E-state index contributed by atoms with van der Waals surface area (Å²) in [4.78, 5) is 3.78. The molecular weight excluding hydrogens is 267 g/mol. The molecule has 0 atom stereocenters. The second kappa shape index (κ2) is 6.98. The van der Waals surface area contributed by atoms with Crippen LogP contribution in [0.25, 0.3) is 6.15 Å². The van der Waals surface area contributed by atoms with Crippen LogP contribution in [0, 0.1) is 0 Å². The van der Waals surface area contributed by atoms with E-state index in [-0.39, 0.29) is 32.0 Å². The number of pyridine rings is 1. The molecule has 1 rings (SSSR count). The van der Waals surface area contributed by atoms with Crippen molar-refractivity contribution in [2.24, 2.45) is 0 Å². The summed E-state index contributed by atoms with van der Waals surface area (Å²) in [6, 6.07) is 5.72. The molecule has 0 unspecified atom stereocenters. The Hall–Kier alpha value is -0.0199. The normalized spacial score (nSPS) is 6.00. The smallest absolute Gasteiger partial charge is 0.0267 e. The van der Waals surface area contributed by atoms with E-state index < -0.39 is 0 Å². The van der Waals surface area contributed by atoms with Crippen LogP contribution in [0.2, 0.25) is 0 Å². The SMILES string of the molecule is [Hf].[NH2-].c1ccncc1. The first-order valence-corrected chi connectivity index (χ1v) is 1.85. The third-order valence-corrected chi connectivity index (χ3v) is 0.566. The minimum absolute atomic E-state index is 0. The Morgan fingerprint density at radius 1 is 0.875 bits per heavy atom. The van der Waals surface area contributed by atoms with Gasteiger partial charge in [-0.1, -0.05) is 6.07 Å². The molecule has 2 nitrogen and oxygen atoms in total. The van der Waals surface area contributed by atoms with Gasteiger partial charge in [0.05, 0.1) is 0 Å². The van der Waals surface area contributed by atoms with Gasteiger partial charge in [-0.05, 0) is 12.1 Å². The fourth-order valence-corrected chi connectivity index (χ4v) is 0.313. The zero-order valence-corrected chi connectivity index (χ0v) is 8.00. The van der Waals surface area contributed by atoms with Gasteiger partial charge in [0.25, 0.3) is 0 Å². The molecule has 0 fully saturated rings. The topological polar surface area (TPSA) is 46.4 Å². The van der Waals surface area contributed by atoms with Crippen LogP contribution >= 0.6 is 0 Å². The van der Waals surface area contributed by atoms with Crippen molar-refractivity contribution in [3.8, 4) is 0 Å². The maximum absolute atomic E-state index is 3.78. The third kappa shape index (κ3) is 4.15. The maximum atomic E-state index is 3.78. The van der Waals surface area contributed by atoms with Crippen LogP contribution in [0.15, 0.2) is 30.6 Å². The first-order chi connectivity index (χ1) is 3.00. The Morgan fingerprint density at radius 2 is 1.38 bits per heavy atom. The summed E-state index contributed by atoms with van der Waals surface area (Å²) in [6.07, 6.45) is 3.50. The Kier molecular flexibility index (Phi) is 9.49. The number of rotatable bonds is 0. The van der Waals surface area contributed by atoms with Crippen LogP contribution in [-0.4, -0.2) is 4.98 Å². The molecule has 0 aliphatic heterocycles. The van der Waals surface area contributed by atoms with Crippen molar-refractivity contribution in [3.63, 3.8) is 0 Å².